The highest BCUT2D eigenvalue weighted by atomic mass is 35.5. The number of aromatic nitrogens is 1. The summed E-state index contributed by atoms with van der Waals surface area (Å²) < 4.78 is 74.6. The van der Waals surface area contributed by atoms with Crippen molar-refractivity contribution >= 4 is 44.3 Å². The number of amides is 2. The van der Waals surface area contributed by atoms with E-state index in [1.54, 1.807) is 12.1 Å². The monoisotopic (exact) mass is 377 g/mol. The Morgan fingerprint density at radius 2 is 1.78 bits per heavy atom. The molecule has 1 aromatic heterocycles. The van der Waals surface area contributed by atoms with Crippen LogP contribution in [0.25, 0.3) is 10.2 Å². The van der Waals surface area contributed by atoms with Crippen molar-refractivity contribution in [3.63, 3.8) is 0 Å². The van der Waals surface area contributed by atoms with Crippen LogP contribution in [0.3, 0.4) is 0 Å². The van der Waals surface area contributed by atoms with Crippen LogP contribution in [-0.4, -0.2) is 29.4 Å². The SMILES string of the molecule is O=C(Nc1nc2c(Cl)cccc2s1)NC(C(F)(F)F)C(F)(F)F. The molecule has 2 N–H and O–H groups in total. The van der Waals surface area contributed by atoms with Crippen molar-refractivity contribution in [2.45, 2.75) is 18.4 Å². The van der Waals surface area contributed by atoms with Crippen molar-refractivity contribution in [2.24, 2.45) is 0 Å². The molecule has 1 aromatic carbocycles. The highest BCUT2D eigenvalue weighted by Crippen LogP contribution is 2.34. The quantitative estimate of drug-likeness (QED) is 0.754. The summed E-state index contributed by atoms with van der Waals surface area (Å²) in [6.07, 6.45) is -11.3. The molecule has 2 rings (SSSR count). The highest BCUT2D eigenvalue weighted by molar-refractivity contribution is 7.22. The summed E-state index contributed by atoms with van der Waals surface area (Å²) in [6.45, 7) is 0. The first-order valence-electron chi connectivity index (χ1n) is 5.74. The van der Waals surface area contributed by atoms with Crippen molar-refractivity contribution in [3.8, 4) is 0 Å². The van der Waals surface area contributed by atoms with Gasteiger partial charge in [0.25, 0.3) is 0 Å². The fourth-order valence-corrected chi connectivity index (χ4v) is 2.74. The van der Waals surface area contributed by atoms with Crippen LogP contribution in [-0.2, 0) is 0 Å². The minimum atomic E-state index is -5.67. The van der Waals surface area contributed by atoms with Gasteiger partial charge in [-0.2, -0.15) is 26.3 Å². The molecule has 0 bridgehead atoms. The van der Waals surface area contributed by atoms with Gasteiger partial charge in [-0.15, -0.1) is 0 Å². The normalized spacial score (nSPS) is 12.7. The topological polar surface area (TPSA) is 54.0 Å². The fraction of sp³-hybridized carbons (Fsp3) is 0.273. The molecule has 0 fully saturated rings. The molecule has 2 amide bonds. The Morgan fingerprint density at radius 1 is 1.17 bits per heavy atom. The third-order valence-corrected chi connectivity index (χ3v) is 3.76. The lowest BCUT2D eigenvalue weighted by atomic mass is 10.3. The molecule has 4 nitrogen and oxygen atoms in total. The maximum atomic E-state index is 12.3. The van der Waals surface area contributed by atoms with Crippen LogP contribution in [0.5, 0.6) is 0 Å². The molecule has 1 heterocycles. The first-order valence-corrected chi connectivity index (χ1v) is 6.94. The van der Waals surface area contributed by atoms with Gasteiger partial charge < -0.3 is 5.32 Å². The van der Waals surface area contributed by atoms with Gasteiger partial charge in [0, 0.05) is 0 Å². The molecule has 12 heteroatoms. The van der Waals surface area contributed by atoms with E-state index >= 15 is 0 Å². The predicted molar refractivity (Wildman–Crippen MR) is 72.7 cm³/mol. The predicted octanol–water partition coefficient (Wildman–Crippen LogP) is 4.56. The van der Waals surface area contributed by atoms with E-state index < -0.39 is 24.4 Å². The van der Waals surface area contributed by atoms with Gasteiger partial charge in [-0.3, -0.25) is 5.32 Å². The fourth-order valence-electron chi connectivity index (χ4n) is 1.58. The van der Waals surface area contributed by atoms with Gasteiger partial charge in [0.1, 0.15) is 5.52 Å². The molecular weight excluding hydrogens is 372 g/mol. The molecule has 0 radical (unpaired) electrons. The van der Waals surface area contributed by atoms with Crippen molar-refractivity contribution < 1.29 is 31.1 Å². The van der Waals surface area contributed by atoms with E-state index in [2.05, 4.69) is 4.98 Å². The van der Waals surface area contributed by atoms with Gasteiger partial charge in [0.2, 0.25) is 6.04 Å². The number of para-hydroxylation sites is 1. The zero-order valence-corrected chi connectivity index (χ0v) is 12.3. The number of nitrogens with one attached hydrogen (secondary N) is 2. The number of nitrogens with zero attached hydrogens (tertiary/aromatic N) is 1. The Hall–Kier alpha value is -1.75. The summed E-state index contributed by atoms with van der Waals surface area (Å²) in [5, 5.41) is 2.72. The molecule has 0 saturated carbocycles. The molecule has 0 aliphatic heterocycles. The number of anilines is 1. The van der Waals surface area contributed by atoms with E-state index in [0.29, 0.717) is 4.70 Å². The second kappa shape index (κ2) is 6.04. The number of alkyl halides is 6. The summed E-state index contributed by atoms with van der Waals surface area (Å²) in [4.78, 5) is 15.2. The molecule has 126 valence electrons. The van der Waals surface area contributed by atoms with Crippen LogP contribution < -0.4 is 10.6 Å². The van der Waals surface area contributed by atoms with Crippen LogP contribution in [0, 0.1) is 0 Å². The molecule has 0 atom stereocenters. The van der Waals surface area contributed by atoms with Crippen molar-refractivity contribution in [1.29, 1.82) is 0 Å². The van der Waals surface area contributed by atoms with E-state index in [0.717, 1.165) is 16.7 Å². The number of hydrogen-bond donors (Lipinski definition) is 2. The van der Waals surface area contributed by atoms with Gasteiger partial charge in [0.15, 0.2) is 5.13 Å². The minimum absolute atomic E-state index is 0.186. The van der Waals surface area contributed by atoms with Gasteiger partial charge in [-0.1, -0.05) is 29.0 Å². The standard InChI is InChI=1S/C11H6ClF6N3OS/c12-4-2-1-3-5-6(4)19-9(23-5)21-8(22)20-7(10(13,14)15)11(16,17)18/h1-3,7H,(H2,19,20,21,22). The third-order valence-electron chi connectivity index (χ3n) is 2.52. The Labute approximate surface area is 133 Å². The Bertz CT molecular complexity index is 715. The number of halogens is 7. The van der Waals surface area contributed by atoms with Gasteiger partial charge in [-0.25, -0.2) is 9.78 Å². The smallest absolute Gasteiger partial charge is 0.318 e. The summed E-state index contributed by atoms with van der Waals surface area (Å²) in [5.41, 5.74) is 0.276. The largest absolute Gasteiger partial charge is 0.417 e. The summed E-state index contributed by atoms with van der Waals surface area (Å²) in [7, 11) is 0. The van der Waals surface area contributed by atoms with Crippen LogP contribution >= 0.6 is 22.9 Å². The number of carbonyl (C=O) groups is 1. The lowest BCUT2D eigenvalue weighted by Crippen LogP contribution is -2.55. The van der Waals surface area contributed by atoms with Crippen molar-refractivity contribution in [2.75, 3.05) is 5.32 Å². The van der Waals surface area contributed by atoms with E-state index in [4.69, 9.17) is 11.6 Å². The number of urea groups is 1. The Balaban J connectivity index is 2.15. The average Bonchev–Trinajstić information content (AvgIpc) is 2.77. The first kappa shape index (κ1) is 17.6. The molecule has 0 aliphatic rings. The van der Waals surface area contributed by atoms with Gasteiger partial charge >= 0.3 is 18.4 Å². The molecule has 0 aliphatic carbocycles. The second-order valence-corrected chi connectivity index (χ2v) is 5.66. The van der Waals surface area contributed by atoms with E-state index in [9.17, 15) is 31.1 Å². The highest BCUT2D eigenvalue weighted by Gasteiger charge is 2.57. The Kier molecular flexibility index (Phi) is 4.62. The average molecular weight is 378 g/mol. The number of rotatable bonds is 2. The van der Waals surface area contributed by atoms with Crippen molar-refractivity contribution in [1.82, 2.24) is 10.3 Å². The van der Waals surface area contributed by atoms with Crippen LogP contribution in [0.15, 0.2) is 18.2 Å². The summed E-state index contributed by atoms with van der Waals surface area (Å²) in [6, 6.07) is -1.00. The number of benzene rings is 1. The Morgan fingerprint density at radius 3 is 2.30 bits per heavy atom. The molecule has 23 heavy (non-hydrogen) atoms. The zero-order valence-electron chi connectivity index (χ0n) is 10.7. The molecule has 0 saturated heterocycles. The summed E-state index contributed by atoms with van der Waals surface area (Å²) >= 11 is 6.68. The van der Waals surface area contributed by atoms with Crippen LogP contribution in [0.1, 0.15) is 0 Å². The van der Waals surface area contributed by atoms with E-state index in [1.165, 1.54) is 6.07 Å². The third kappa shape index (κ3) is 4.16. The van der Waals surface area contributed by atoms with Crippen LogP contribution in [0.4, 0.5) is 36.3 Å². The molecular formula is C11H6ClF6N3OS. The lowest BCUT2D eigenvalue weighted by Gasteiger charge is -2.23. The molecule has 0 unspecified atom stereocenters. The minimum Gasteiger partial charge on any atom is -0.318 e. The number of hydrogen-bond acceptors (Lipinski definition) is 3. The summed E-state index contributed by atoms with van der Waals surface area (Å²) in [5.74, 6) is 0. The van der Waals surface area contributed by atoms with Crippen LogP contribution in [0.2, 0.25) is 5.02 Å². The zero-order chi connectivity index (χ0) is 17.4. The molecule has 0 spiro atoms. The number of fused-ring (bicyclic) bond motifs is 1. The second-order valence-electron chi connectivity index (χ2n) is 4.22. The maximum Gasteiger partial charge on any atom is 0.417 e. The molecule has 2 aromatic rings. The van der Waals surface area contributed by atoms with Gasteiger partial charge in [0.05, 0.1) is 9.72 Å². The van der Waals surface area contributed by atoms with Gasteiger partial charge in [-0.05, 0) is 12.1 Å². The lowest BCUT2D eigenvalue weighted by molar-refractivity contribution is -0.255. The maximum absolute atomic E-state index is 12.3. The first-order chi connectivity index (χ1) is 10.5. The van der Waals surface area contributed by atoms with E-state index in [-0.39, 0.29) is 15.7 Å². The number of carbonyl (C=O) groups excluding carboxylic acids is 1. The number of thiazole rings is 1. The van der Waals surface area contributed by atoms with Crippen molar-refractivity contribution in [3.05, 3.63) is 23.2 Å². The van der Waals surface area contributed by atoms with E-state index in [1.807, 2.05) is 5.32 Å².